The van der Waals surface area contributed by atoms with Crippen LogP contribution in [0.2, 0.25) is 0 Å². The van der Waals surface area contributed by atoms with E-state index in [0.29, 0.717) is 11.4 Å². The van der Waals surface area contributed by atoms with E-state index in [1.165, 1.54) is 11.8 Å². The van der Waals surface area contributed by atoms with Gasteiger partial charge in [0.15, 0.2) is 0 Å². The second-order valence-corrected chi connectivity index (χ2v) is 7.03. The SMILES string of the molecule is CC(C)C(CS)C(=O)N(c1ccc(-c2ccccc2)cc1)[C@@H](C)C(=O)O. The molecule has 1 unspecified atom stereocenters. The van der Waals surface area contributed by atoms with E-state index in [1.807, 2.05) is 56.3 Å². The maximum absolute atomic E-state index is 13.0. The second-order valence-electron chi connectivity index (χ2n) is 6.67. The predicted octanol–water partition coefficient (Wildman–Crippen LogP) is 4.36. The predicted molar refractivity (Wildman–Crippen MR) is 109 cm³/mol. The Morgan fingerprint density at radius 2 is 1.50 bits per heavy atom. The molecular weight excluding hydrogens is 346 g/mol. The Morgan fingerprint density at radius 1 is 0.962 bits per heavy atom. The maximum Gasteiger partial charge on any atom is 0.326 e. The van der Waals surface area contributed by atoms with Crippen molar-refractivity contribution in [2.24, 2.45) is 11.8 Å². The van der Waals surface area contributed by atoms with Gasteiger partial charge in [-0.15, -0.1) is 0 Å². The molecule has 1 amide bonds. The number of carbonyl (C=O) groups excluding carboxylic acids is 1. The van der Waals surface area contributed by atoms with E-state index >= 15 is 0 Å². The Morgan fingerprint density at radius 3 is 1.96 bits per heavy atom. The number of carboxylic acid groups (broad SMARTS) is 1. The van der Waals surface area contributed by atoms with Crippen LogP contribution in [0, 0.1) is 11.8 Å². The third kappa shape index (κ3) is 4.47. The van der Waals surface area contributed by atoms with Crippen LogP contribution in [-0.4, -0.2) is 28.8 Å². The van der Waals surface area contributed by atoms with Crippen molar-refractivity contribution in [1.82, 2.24) is 0 Å². The van der Waals surface area contributed by atoms with Crippen molar-refractivity contribution in [1.29, 1.82) is 0 Å². The van der Waals surface area contributed by atoms with Crippen LogP contribution in [0.4, 0.5) is 5.69 Å². The molecule has 1 N–H and O–H groups in total. The molecule has 0 aromatic heterocycles. The van der Waals surface area contributed by atoms with Gasteiger partial charge in [-0.3, -0.25) is 9.69 Å². The lowest BCUT2D eigenvalue weighted by Gasteiger charge is -2.31. The first-order valence-electron chi connectivity index (χ1n) is 8.69. The van der Waals surface area contributed by atoms with Crippen LogP contribution in [0.1, 0.15) is 20.8 Å². The van der Waals surface area contributed by atoms with Crippen molar-refractivity contribution < 1.29 is 14.7 Å². The topological polar surface area (TPSA) is 57.6 Å². The molecule has 0 aliphatic heterocycles. The van der Waals surface area contributed by atoms with Gasteiger partial charge >= 0.3 is 5.97 Å². The minimum absolute atomic E-state index is 0.0760. The van der Waals surface area contributed by atoms with Crippen LogP contribution in [0.5, 0.6) is 0 Å². The van der Waals surface area contributed by atoms with Gasteiger partial charge in [0.25, 0.3) is 0 Å². The van der Waals surface area contributed by atoms with Gasteiger partial charge in [-0.05, 0) is 36.1 Å². The van der Waals surface area contributed by atoms with Gasteiger partial charge in [0, 0.05) is 17.4 Å². The van der Waals surface area contributed by atoms with Gasteiger partial charge in [-0.25, -0.2) is 4.79 Å². The first-order chi connectivity index (χ1) is 12.4. The molecular formula is C21H25NO3S. The van der Waals surface area contributed by atoms with Gasteiger partial charge < -0.3 is 5.11 Å². The molecule has 138 valence electrons. The molecule has 0 aliphatic rings. The summed E-state index contributed by atoms with van der Waals surface area (Å²) in [6.07, 6.45) is 0. The lowest BCUT2D eigenvalue weighted by atomic mass is 9.95. The molecule has 0 heterocycles. The summed E-state index contributed by atoms with van der Waals surface area (Å²) in [5, 5.41) is 9.48. The fraction of sp³-hybridized carbons (Fsp3) is 0.333. The number of nitrogens with zero attached hydrogens (tertiary/aromatic N) is 1. The third-order valence-corrected chi connectivity index (χ3v) is 4.95. The Hall–Kier alpha value is -2.27. The average Bonchev–Trinajstić information content (AvgIpc) is 2.63. The zero-order valence-electron chi connectivity index (χ0n) is 15.3. The van der Waals surface area contributed by atoms with Crippen molar-refractivity contribution in [2.75, 3.05) is 10.7 Å². The van der Waals surface area contributed by atoms with E-state index in [4.69, 9.17) is 0 Å². The standard InChI is InChI=1S/C21H25NO3S/c1-14(2)19(13-26)20(23)22(15(3)21(24)25)18-11-9-17(10-12-18)16-7-5-4-6-8-16/h4-12,14-15,19,26H,13H2,1-3H3,(H,24,25)/t15-,19?/m0/s1. The van der Waals surface area contributed by atoms with Gasteiger partial charge in [-0.2, -0.15) is 12.6 Å². The highest BCUT2D eigenvalue weighted by molar-refractivity contribution is 7.80. The summed E-state index contributed by atoms with van der Waals surface area (Å²) >= 11 is 4.29. The quantitative estimate of drug-likeness (QED) is 0.711. The van der Waals surface area contributed by atoms with Crippen molar-refractivity contribution in [3.05, 3.63) is 54.6 Å². The molecule has 0 saturated heterocycles. The fourth-order valence-electron chi connectivity index (χ4n) is 2.85. The smallest absolute Gasteiger partial charge is 0.326 e. The number of hydrogen-bond donors (Lipinski definition) is 2. The zero-order chi connectivity index (χ0) is 19.3. The van der Waals surface area contributed by atoms with Crippen molar-refractivity contribution in [3.63, 3.8) is 0 Å². The number of rotatable bonds is 7. The highest BCUT2D eigenvalue weighted by Crippen LogP contribution is 2.27. The maximum atomic E-state index is 13.0. The zero-order valence-corrected chi connectivity index (χ0v) is 16.2. The molecule has 0 aliphatic carbocycles. The van der Waals surface area contributed by atoms with E-state index in [-0.39, 0.29) is 17.7 Å². The van der Waals surface area contributed by atoms with Crippen LogP contribution in [0.25, 0.3) is 11.1 Å². The highest BCUT2D eigenvalue weighted by atomic mass is 32.1. The number of aliphatic carboxylic acids is 1. The number of thiol groups is 1. The first kappa shape index (κ1) is 20.0. The molecule has 0 radical (unpaired) electrons. The number of anilines is 1. The Bertz CT molecular complexity index is 744. The molecule has 5 heteroatoms. The first-order valence-corrected chi connectivity index (χ1v) is 9.32. The minimum atomic E-state index is -1.04. The summed E-state index contributed by atoms with van der Waals surface area (Å²) in [4.78, 5) is 26.0. The van der Waals surface area contributed by atoms with Crippen molar-refractivity contribution >= 4 is 30.2 Å². The summed E-state index contributed by atoms with van der Waals surface area (Å²) < 4.78 is 0. The average molecular weight is 372 g/mol. The molecule has 0 spiro atoms. The van der Waals surface area contributed by atoms with E-state index in [0.717, 1.165) is 11.1 Å². The van der Waals surface area contributed by atoms with E-state index < -0.39 is 12.0 Å². The molecule has 26 heavy (non-hydrogen) atoms. The molecule has 2 aromatic rings. The Balaban J connectivity index is 2.39. The highest BCUT2D eigenvalue weighted by Gasteiger charge is 2.33. The van der Waals surface area contributed by atoms with Crippen LogP contribution in [0.15, 0.2) is 54.6 Å². The van der Waals surface area contributed by atoms with E-state index in [2.05, 4.69) is 12.6 Å². The largest absolute Gasteiger partial charge is 0.480 e. The lowest BCUT2D eigenvalue weighted by Crippen LogP contribution is -2.47. The molecule has 0 fully saturated rings. The second kappa shape index (κ2) is 8.90. The molecule has 4 nitrogen and oxygen atoms in total. The Labute approximate surface area is 160 Å². The van der Waals surface area contributed by atoms with Crippen molar-refractivity contribution in [2.45, 2.75) is 26.8 Å². The summed E-state index contributed by atoms with van der Waals surface area (Å²) in [7, 11) is 0. The third-order valence-electron chi connectivity index (χ3n) is 4.55. The van der Waals surface area contributed by atoms with Gasteiger partial charge in [-0.1, -0.05) is 56.3 Å². The van der Waals surface area contributed by atoms with E-state index in [1.54, 1.807) is 12.1 Å². The molecule has 2 aromatic carbocycles. The van der Waals surface area contributed by atoms with Crippen LogP contribution in [-0.2, 0) is 9.59 Å². The normalized spacial score (nSPS) is 13.3. The van der Waals surface area contributed by atoms with Gasteiger partial charge in [0.1, 0.15) is 6.04 Å². The molecule has 2 atom stereocenters. The summed E-state index contributed by atoms with van der Waals surface area (Å²) in [6.45, 7) is 5.42. The van der Waals surface area contributed by atoms with Crippen molar-refractivity contribution in [3.8, 4) is 11.1 Å². The summed E-state index contributed by atoms with van der Waals surface area (Å²) in [6, 6.07) is 16.4. The number of carbonyl (C=O) groups is 2. The summed E-state index contributed by atoms with van der Waals surface area (Å²) in [5.41, 5.74) is 2.66. The number of hydrogen-bond acceptors (Lipinski definition) is 3. The Kier molecular flexibility index (Phi) is 6.86. The van der Waals surface area contributed by atoms with E-state index in [9.17, 15) is 14.7 Å². The lowest BCUT2D eigenvalue weighted by molar-refractivity contribution is -0.140. The van der Waals surface area contributed by atoms with Gasteiger partial charge in [0.05, 0.1) is 0 Å². The summed E-state index contributed by atoms with van der Waals surface area (Å²) in [5.74, 6) is -1.13. The van der Waals surface area contributed by atoms with Gasteiger partial charge in [0.2, 0.25) is 5.91 Å². The van der Waals surface area contributed by atoms with Crippen LogP contribution >= 0.6 is 12.6 Å². The molecule has 0 bridgehead atoms. The fourth-order valence-corrected chi connectivity index (χ4v) is 3.43. The number of carboxylic acids is 1. The molecule has 0 saturated carbocycles. The number of amides is 1. The molecule has 2 rings (SSSR count). The number of benzene rings is 2. The van der Waals surface area contributed by atoms with Crippen LogP contribution < -0.4 is 4.90 Å². The minimum Gasteiger partial charge on any atom is -0.480 e. The monoisotopic (exact) mass is 371 g/mol. The van der Waals surface area contributed by atoms with Crippen LogP contribution in [0.3, 0.4) is 0 Å².